The Morgan fingerprint density at radius 3 is 2.48 bits per heavy atom. The zero-order valence-corrected chi connectivity index (χ0v) is 16.4. The van der Waals surface area contributed by atoms with Crippen molar-refractivity contribution in [3.63, 3.8) is 0 Å². The molecule has 0 spiro atoms. The van der Waals surface area contributed by atoms with Crippen molar-refractivity contribution in [3.8, 4) is 5.75 Å². The van der Waals surface area contributed by atoms with Crippen LogP contribution in [-0.2, 0) is 4.79 Å². The lowest BCUT2D eigenvalue weighted by Gasteiger charge is -2.28. The summed E-state index contributed by atoms with van der Waals surface area (Å²) in [6.07, 6.45) is 7.16. The number of halogens is 1. The van der Waals surface area contributed by atoms with E-state index < -0.39 is 0 Å². The SMILES string of the molecule is COc1ccc(NC(=O)CC2CC3CCC(C2)N3)c(C(=O)NC2CC2)c1.Cl. The number of carbonyl (C=O) groups excluding carboxylic acids is 2. The zero-order valence-electron chi connectivity index (χ0n) is 15.6. The van der Waals surface area contributed by atoms with Gasteiger partial charge < -0.3 is 20.7 Å². The molecule has 1 aliphatic carbocycles. The third-order valence-corrected chi connectivity index (χ3v) is 5.70. The number of methoxy groups -OCH3 is 1. The molecule has 3 aliphatic rings. The molecule has 2 saturated heterocycles. The van der Waals surface area contributed by atoms with Gasteiger partial charge in [0.05, 0.1) is 18.4 Å². The summed E-state index contributed by atoms with van der Waals surface area (Å²) >= 11 is 0. The van der Waals surface area contributed by atoms with E-state index in [2.05, 4.69) is 16.0 Å². The summed E-state index contributed by atoms with van der Waals surface area (Å²) in [6, 6.07) is 6.64. The first kappa shape index (κ1) is 20.0. The van der Waals surface area contributed by atoms with Crippen molar-refractivity contribution in [3.05, 3.63) is 23.8 Å². The molecule has 2 bridgehead atoms. The lowest BCUT2D eigenvalue weighted by Crippen LogP contribution is -2.39. The molecule has 0 aromatic heterocycles. The summed E-state index contributed by atoms with van der Waals surface area (Å²) < 4.78 is 5.24. The van der Waals surface area contributed by atoms with Crippen molar-refractivity contribution in [1.82, 2.24) is 10.6 Å². The van der Waals surface area contributed by atoms with Crippen LogP contribution >= 0.6 is 12.4 Å². The molecule has 1 aromatic rings. The van der Waals surface area contributed by atoms with Crippen LogP contribution < -0.4 is 20.7 Å². The summed E-state index contributed by atoms with van der Waals surface area (Å²) in [5.41, 5.74) is 1.03. The molecular weight excluding hydrogens is 366 g/mol. The molecule has 2 aliphatic heterocycles. The van der Waals surface area contributed by atoms with Gasteiger partial charge >= 0.3 is 0 Å². The minimum Gasteiger partial charge on any atom is -0.497 e. The van der Waals surface area contributed by atoms with E-state index in [0.29, 0.717) is 41.4 Å². The smallest absolute Gasteiger partial charge is 0.253 e. The van der Waals surface area contributed by atoms with Gasteiger partial charge in [-0.1, -0.05) is 0 Å². The minimum absolute atomic E-state index is 0. The first-order chi connectivity index (χ1) is 12.6. The third kappa shape index (κ3) is 4.93. The van der Waals surface area contributed by atoms with E-state index in [4.69, 9.17) is 4.74 Å². The number of benzene rings is 1. The number of anilines is 1. The molecule has 2 unspecified atom stereocenters. The first-order valence-corrected chi connectivity index (χ1v) is 9.65. The van der Waals surface area contributed by atoms with Crippen molar-refractivity contribution in [2.24, 2.45) is 5.92 Å². The standard InChI is InChI=1S/C20H27N3O3.ClH/c1-26-16-6-7-18(17(11-16)20(25)22-13-2-3-13)23-19(24)10-12-8-14-4-5-15(9-12)21-14;/h6-7,11-15,21H,2-5,8-10H2,1H3,(H,22,25)(H,23,24);1H. The number of fused-ring (bicyclic) bond motifs is 2. The molecule has 2 amide bonds. The number of hydrogen-bond donors (Lipinski definition) is 3. The fourth-order valence-electron chi connectivity index (χ4n) is 4.24. The fraction of sp³-hybridized carbons (Fsp3) is 0.600. The summed E-state index contributed by atoms with van der Waals surface area (Å²) in [7, 11) is 1.57. The van der Waals surface area contributed by atoms with Gasteiger partial charge in [-0.15, -0.1) is 12.4 Å². The molecule has 27 heavy (non-hydrogen) atoms. The van der Waals surface area contributed by atoms with E-state index in [1.807, 2.05) is 0 Å². The summed E-state index contributed by atoms with van der Waals surface area (Å²) in [5.74, 6) is 0.873. The topological polar surface area (TPSA) is 79.5 Å². The number of hydrogen-bond acceptors (Lipinski definition) is 4. The molecule has 3 fully saturated rings. The largest absolute Gasteiger partial charge is 0.497 e. The zero-order chi connectivity index (χ0) is 18.1. The first-order valence-electron chi connectivity index (χ1n) is 9.65. The molecule has 2 atom stereocenters. The van der Waals surface area contributed by atoms with E-state index in [0.717, 1.165) is 25.7 Å². The molecular formula is C20H28ClN3O3. The molecule has 7 heteroatoms. The highest BCUT2D eigenvalue weighted by molar-refractivity contribution is 6.04. The number of amides is 2. The average Bonchev–Trinajstić information content (AvgIpc) is 3.37. The molecule has 6 nitrogen and oxygen atoms in total. The number of piperidine rings is 1. The predicted molar refractivity (Wildman–Crippen MR) is 107 cm³/mol. The highest BCUT2D eigenvalue weighted by Gasteiger charge is 2.34. The monoisotopic (exact) mass is 393 g/mol. The molecule has 2 heterocycles. The van der Waals surface area contributed by atoms with Crippen molar-refractivity contribution < 1.29 is 14.3 Å². The van der Waals surface area contributed by atoms with E-state index in [-0.39, 0.29) is 30.3 Å². The molecule has 148 valence electrons. The average molecular weight is 394 g/mol. The predicted octanol–water partition coefficient (Wildman–Crippen LogP) is 2.87. The van der Waals surface area contributed by atoms with E-state index in [1.54, 1.807) is 25.3 Å². The lowest BCUT2D eigenvalue weighted by atomic mass is 9.89. The van der Waals surface area contributed by atoms with E-state index in [9.17, 15) is 9.59 Å². The van der Waals surface area contributed by atoms with Gasteiger partial charge in [0.25, 0.3) is 5.91 Å². The van der Waals surface area contributed by atoms with Crippen LogP contribution in [0.4, 0.5) is 5.69 Å². The second kappa shape index (κ2) is 8.48. The number of carbonyl (C=O) groups is 2. The van der Waals surface area contributed by atoms with Gasteiger partial charge in [0.1, 0.15) is 5.75 Å². The van der Waals surface area contributed by atoms with E-state index >= 15 is 0 Å². The van der Waals surface area contributed by atoms with Gasteiger partial charge in [-0.3, -0.25) is 9.59 Å². The molecule has 4 rings (SSSR count). The van der Waals surface area contributed by atoms with Crippen molar-refractivity contribution in [2.45, 2.75) is 63.1 Å². The molecule has 1 aromatic carbocycles. The van der Waals surface area contributed by atoms with Crippen LogP contribution in [0.15, 0.2) is 18.2 Å². The Labute approximate surface area is 166 Å². The Morgan fingerprint density at radius 1 is 1.15 bits per heavy atom. The third-order valence-electron chi connectivity index (χ3n) is 5.70. The summed E-state index contributed by atoms with van der Waals surface area (Å²) in [5, 5.41) is 9.55. The van der Waals surface area contributed by atoms with Crippen LogP contribution in [0.1, 0.15) is 55.3 Å². The van der Waals surface area contributed by atoms with Crippen molar-refractivity contribution in [1.29, 1.82) is 0 Å². The number of rotatable bonds is 6. The van der Waals surface area contributed by atoms with Gasteiger partial charge in [0.15, 0.2) is 0 Å². The van der Waals surface area contributed by atoms with E-state index in [1.165, 1.54) is 12.8 Å². The van der Waals surface area contributed by atoms with Gasteiger partial charge in [-0.25, -0.2) is 0 Å². The second-order valence-corrected chi connectivity index (χ2v) is 7.89. The van der Waals surface area contributed by atoms with Crippen LogP contribution in [0.3, 0.4) is 0 Å². The van der Waals surface area contributed by atoms with Gasteiger partial charge in [-0.2, -0.15) is 0 Å². The Bertz CT molecular complexity index is 696. The van der Waals surface area contributed by atoms with Crippen molar-refractivity contribution in [2.75, 3.05) is 12.4 Å². The maximum Gasteiger partial charge on any atom is 0.253 e. The van der Waals surface area contributed by atoms with Crippen LogP contribution in [0, 0.1) is 5.92 Å². The number of ether oxygens (including phenoxy) is 1. The lowest BCUT2D eigenvalue weighted by molar-refractivity contribution is -0.117. The van der Waals surface area contributed by atoms with Crippen molar-refractivity contribution >= 4 is 29.9 Å². The maximum atomic E-state index is 12.6. The maximum absolute atomic E-state index is 12.6. The van der Waals surface area contributed by atoms with Gasteiger partial charge in [-0.05, 0) is 62.6 Å². The van der Waals surface area contributed by atoms with Crippen LogP contribution in [0.25, 0.3) is 0 Å². The molecule has 0 radical (unpaired) electrons. The Kier molecular flexibility index (Phi) is 6.27. The van der Waals surface area contributed by atoms with Crippen LogP contribution in [-0.4, -0.2) is 37.0 Å². The Balaban J connectivity index is 0.00000210. The van der Waals surface area contributed by atoms with Crippen LogP contribution in [0.5, 0.6) is 5.75 Å². The summed E-state index contributed by atoms with van der Waals surface area (Å²) in [6.45, 7) is 0. The highest BCUT2D eigenvalue weighted by atomic mass is 35.5. The Hall–Kier alpha value is -1.79. The second-order valence-electron chi connectivity index (χ2n) is 7.89. The van der Waals surface area contributed by atoms with Gasteiger partial charge in [0.2, 0.25) is 5.91 Å². The number of nitrogens with one attached hydrogen (secondary N) is 3. The summed E-state index contributed by atoms with van der Waals surface area (Å²) in [4.78, 5) is 25.1. The molecule has 1 saturated carbocycles. The van der Waals surface area contributed by atoms with Crippen LogP contribution in [0.2, 0.25) is 0 Å². The van der Waals surface area contributed by atoms with Gasteiger partial charge in [0, 0.05) is 24.5 Å². The quantitative estimate of drug-likeness (QED) is 0.694. The normalized spacial score (nSPS) is 26.0. The molecule has 3 N–H and O–H groups in total. The fourth-order valence-corrected chi connectivity index (χ4v) is 4.24. The minimum atomic E-state index is -0.151. The Morgan fingerprint density at radius 2 is 1.85 bits per heavy atom. The highest BCUT2D eigenvalue weighted by Crippen LogP contribution is 2.33.